The highest BCUT2D eigenvalue weighted by Crippen LogP contribution is 2.19. The third-order valence-corrected chi connectivity index (χ3v) is 4.55. The highest BCUT2D eigenvalue weighted by Gasteiger charge is 2.16. The Morgan fingerprint density at radius 3 is 2.41 bits per heavy atom. The molecule has 9 heteroatoms. The first-order valence-corrected chi connectivity index (χ1v) is 10.9. The fourth-order valence-electron chi connectivity index (χ4n) is 3.01. The molecule has 1 aromatic heterocycles. The zero-order chi connectivity index (χ0) is 23.7. The Morgan fingerprint density at radius 1 is 1.06 bits per heavy atom. The Hall–Kier alpha value is -3.08. The summed E-state index contributed by atoms with van der Waals surface area (Å²) in [6, 6.07) is 17.5. The molecular formula is C25H32IN5O3. The van der Waals surface area contributed by atoms with Gasteiger partial charge in [-0.25, -0.2) is 9.78 Å². The number of carbonyl (C=O) groups excluding carboxylic acids is 1. The van der Waals surface area contributed by atoms with E-state index in [1.54, 1.807) is 13.2 Å². The summed E-state index contributed by atoms with van der Waals surface area (Å²) in [5.41, 5.74) is 2.29. The molecule has 0 aliphatic heterocycles. The van der Waals surface area contributed by atoms with Crippen LogP contribution in [0.4, 0.5) is 10.5 Å². The average Bonchev–Trinajstić information content (AvgIpc) is 3.25. The second kappa shape index (κ2) is 13.0. The van der Waals surface area contributed by atoms with Crippen molar-refractivity contribution in [2.45, 2.75) is 39.3 Å². The van der Waals surface area contributed by atoms with Crippen molar-refractivity contribution >= 4 is 41.7 Å². The molecule has 8 nitrogen and oxygen atoms in total. The highest BCUT2D eigenvalue weighted by atomic mass is 127. The number of halogens is 1. The maximum Gasteiger partial charge on any atom is 0.412 e. The lowest BCUT2D eigenvalue weighted by molar-refractivity contribution is 0.0636. The second-order valence-corrected chi connectivity index (χ2v) is 8.41. The molecule has 34 heavy (non-hydrogen) atoms. The number of hydrogen-bond acceptors (Lipinski definition) is 5. The van der Waals surface area contributed by atoms with Gasteiger partial charge in [0.2, 0.25) is 5.89 Å². The van der Waals surface area contributed by atoms with Crippen molar-refractivity contribution in [3.8, 4) is 11.3 Å². The molecule has 3 N–H and O–H groups in total. The van der Waals surface area contributed by atoms with Gasteiger partial charge in [-0.15, -0.1) is 24.0 Å². The molecule has 0 unspecified atom stereocenters. The summed E-state index contributed by atoms with van der Waals surface area (Å²) in [5, 5.41) is 9.22. The summed E-state index contributed by atoms with van der Waals surface area (Å²) in [6.07, 6.45) is 2.06. The lowest BCUT2D eigenvalue weighted by Crippen LogP contribution is -2.37. The number of amides is 1. The van der Waals surface area contributed by atoms with Crippen molar-refractivity contribution in [1.82, 2.24) is 15.6 Å². The number of aromatic nitrogens is 1. The molecule has 3 aromatic rings. The molecule has 0 aliphatic rings. The number of oxazole rings is 1. The van der Waals surface area contributed by atoms with Crippen molar-refractivity contribution < 1.29 is 13.9 Å². The molecule has 0 fully saturated rings. The van der Waals surface area contributed by atoms with Gasteiger partial charge in [0.25, 0.3) is 0 Å². The van der Waals surface area contributed by atoms with E-state index < -0.39 is 11.7 Å². The van der Waals surface area contributed by atoms with Gasteiger partial charge < -0.3 is 19.8 Å². The minimum atomic E-state index is -0.528. The fourth-order valence-corrected chi connectivity index (χ4v) is 3.01. The Bertz CT molecular complexity index is 1060. The molecule has 0 saturated carbocycles. The van der Waals surface area contributed by atoms with Crippen LogP contribution in [0.1, 0.15) is 32.2 Å². The Balaban J connectivity index is 0.00000408. The van der Waals surface area contributed by atoms with Crippen molar-refractivity contribution in [3.63, 3.8) is 0 Å². The van der Waals surface area contributed by atoms with Gasteiger partial charge in [0.1, 0.15) is 5.60 Å². The molecule has 0 saturated heterocycles. The van der Waals surface area contributed by atoms with Crippen LogP contribution < -0.4 is 16.0 Å². The summed E-state index contributed by atoms with van der Waals surface area (Å²) >= 11 is 0. The summed E-state index contributed by atoms with van der Waals surface area (Å²) in [5.74, 6) is 1.99. The highest BCUT2D eigenvalue weighted by molar-refractivity contribution is 14.0. The van der Waals surface area contributed by atoms with Crippen LogP contribution in [0.15, 0.2) is 70.2 Å². The van der Waals surface area contributed by atoms with E-state index in [0.717, 1.165) is 23.3 Å². The molecular weight excluding hydrogens is 545 g/mol. The first-order valence-electron chi connectivity index (χ1n) is 10.9. The molecule has 1 amide bonds. The molecule has 182 valence electrons. The zero-order valence-electron chi connectivity index (χ0n) is 19.9. The monoisotopic (exact) mass is 577 g/mol. The van der Waals surface area contributed by atoms with Crippen LogP contribution in [0.25, 0.3) is 11.3 Å². The number of aliphatic imine (C=N–C) groups is 1. The maximum atomic E-state index is 11.9. The number of nitrogens with one attached hydrogen (secondary N) is 3. The SMILES string of the molecule is CN=C(NCCc1ccc(NC(=O)OC(C)(C)C)cc1)NCc1ncc(-c2ccccc2)o1.I. The average molecular weight is 577 g/mol. The van der Waals surface area contributed by atoms with Crippen LogP contribution in [0, 0.1) is 0 Å². The number of guanidine groups is 1. The van der Waals surface area contributed by atoms with Crippen LogP contribution in [-0.2, 0) is 17.7 Å². The zero-order valence-corrected chi connectivity index (χ0v) is 22.3. The largest absolute Gasteiger partial charge is 0.444 e. The molecule has 3 rings (SSSR count). The van der Waals surface area contributed by atoms with Crippen molar-refractivity contribution in [2.24, 2.45) is 4.99 Å². The minimum absolute atomic E-state index is 0. The number of ether oxygens (including phenoxy) is 1. The van der Waals surface area contributed by atoms with E-state index in [2.05, 4.69) is 25.9 Å². The van der Waals surface area contributed by atoms with Crippen LogP contribution in [0.2, 0.25) is 0 Å². The van der Waals surface area contributed by atoms with Gasteiger partial charge in [-0.3, -0.25) is 10.3 Å². The van der Waals surface area contributed by atoms with E-state index in [-0.39, 0.29) is 24.0 Å². The summed E-state index contributed by atoms with van der Waals surface area (Å²) in [7, 11) is 1.72. The molecule has 1 heterocycles. The van der Waals surface area contributed by atoms with Gasteiger partial charge >= 0.3 is 6.09 Å². The van der Waals surface area contributed by atoms with E-state index in [4.69, 9.17) is 9.15 Å². The predicted octanol–water partition coefficient (Wildman–Crippen LogP) is 5.21. The Kier molecular flexibility index (Phi) is 10.4. The van der Waals surface area contributed by atoms with Crippen LogP contribution >= 0.6 is 24.0 Å². The number of carbonyl (C=O) groups is 1. The van der Waals surface area contributed by atoms with Crippen LogP contribution in [0.5, 0.6) is 0 Å². The molecule has 0 aliphatic carbocycles. The summed E-state index contributed by atoms with van der Waals surface area (Å²) < 4.78 is 11.1. The molecule has 2 aromatic carbocycles. The second-order valence-electron chi connectivity index (χ2n) is 8.41. The lowest BCUT2D eigenvalue weighted by atomic mass is 10.1. The summed E-state index contributed by atoms with van der Waals surface area (Å²) in [6.45, 7) is 6.62. The molecule has 0 bridgehead atoms. The fraction of sp³-hybridized carbons (Fsp3) is 0.320. The predicted molar refractivity (Wildman–Crippen MR) is 146 cm³/mol. The topological polar surface area (TPSA) is 101 Å². The third-order valence-electron chi connectivity index (χ3n) is 4.55. The third kappa shape index (κ3) is 9.05. The van der Waals surface area contributed by atoms with Gasteiger partial charge in [-0.2, -0.15) is 0 Å². The molecule has 0 spiro atoms. The molecule has 0 radical (unpaired) electrons. The van der Waals surface area contributed by atoms with E-state index in [9.17, 15) is 4.79 Å². The standard InChI is InChI=1S/C25H31N5O3.HI/c1-25(2,3)33-24(31)30-20-12-10-18(11-13-20)14-15-27-23(26-4)29-17-22-28-16-21(32-22)19-8-6-5-7-9-19;/h5-13,16H,14-15,17H2,1-4H3,(H,30,31)(H2,26,27,29);1H. The van der Waals surface area contributed by atoms with E-state index in [1.807, 2.05) is 75.4 Å². The van der Waals surface area contributed by atoms with Gasteiger partial charge in [-0.05, 0) is 44.9 Å². The number of hydrogen-bond donors (Lipinski definition) is 3. The van der Waals surface area contributed by atoms with E-state index >= 15 is 0 Å². The van der Waals surface area contributed by atoms with Gasteiger partial charge in [0, 0.05) is 24.8 Å². The molecule has 0 atom stereocenters. The Labute approximate surface area is 217 Å². The smallest absolute Gasteiger partial charge is 0.412 e. The number of anilines is 1. The maximum absolute atomic E-state index is 11.9. The van der Waals surface area contributed by atoms with Gasteiger partial charge in [0.15, 0.2) is 11.7 Å². The summed E-state index contributed by atoms with van der Waals surface area (Å²) in [4.78, 5) is 20.4. The van der Waals surface area contributed by atoms with Crippen LogP contribution in [0.3, 0.4) is 0 Å². The number of nitrogens with zero attached hydrogens (tertiary/aromatic N) is 2. The van der Waals surface area contributed by atoms with Gasteiger partial charge in [0.05, 0.1) is 12.7 Å². The number of benzene rings is 2. The van der Waals surface area contributed by atoms with Crippen molar-refractivity contribution in [1.29, 1.82) is 0 Å². The number of rotatable bonds is 7. The first-order chi connectivity index (χ1) is 15.8. The van der Waals surface area contributed by atoms with E-state index in [1.165, 1.54) is 0 Å². The lowest BCUT2D eigenvalue weighted by Gasteiger charge is -2.19. The normalized spacial score (nSPS) is 11.4. The van der Waals surface area contributed by atoms with Crippen molar-refractivity contribution in [2.75, 3.05) is 18.9 Å². The van der Waals surface area contributed by atoms with Crippen LogP contribution in [-0.4, -0.2) is 36.2 Å². The Morgan fingerprint density at radius 2 is 1.76 bits per heavy atom. The van der Waals surface area contributed by atoms with E-state index in [0.29, 0.717) is 30.6 Å². The van der Waals surface area contributed by atoms with Crippen molar-refractivity contribution in [3.05, 3.63) is 72.2 Å². The quantitative estimate of drug-likeness (QED) is 0.203. The first kappa shape index (κ1) is 27.2. The minimum Gasteiger partial charge on any atom is -0.444 e. The van der Waals surface area contributed by atoms with Gasteiger partial charge in [-0.1, -0.05) is 42.5 Å².